The first-order valence-corrected chi connectivity index (χ1v) is 8.19. The van der Waals surface area contributed by atoms with Crippen molar-refractivity contribution in [3.8, 4) is 0 Å². The molecule has 1 aromatic heterocycles. The van der Waals surface area contributed by atoms with Crippen molar-refractivity contribution in [1.82, 2.24) is 4.98 Å². The molecule has 4 aromatic rings. The van der Waals surface area contributed by atoms with E-state index < -0.39 is 0 Å². The lowest BCUT2D eigenvalue weighted by molar-refractivity contribution is 1.55. The van der Waals surface area contributed by atoms with Gasteiger partial charge in [-0.3, -0.25) is 0 Å². The van der Waals surface area contributed by atoms with Gasteiger partial charge in [-0.1, -0.05) is 68.3 Å². The number of rotatable bonds is 0. The lowest BCUT2D eigenvalue weighted by Gasteiger charge is -1.87. The van der Waals surface area contributed by atoms with Crippen molar-refractivity contribution < 1.29 is 0 Å². The van der Waals surface area contributed by atoms with Crippen LogP contribution in [0.3, 0.4) is 0 Å². The van der Waals surface area contributed by atoms with Gasteiger partial charge in [0.15, 0.2) is 0 Å². The Hall–Kier alpha value is -1.58. The van der Waals surface area contributed by atoms with Crippen molar-refractivity contribution in [2.24, 2.45) is 0 Å². The number of para-hydroxylation sites is 2. The number of nitrogens with one attached hydrogen (secondary N) is 1. The Labute approximate surface area is 140 Å². The molecule has 0 aliphatic carbocycles. The monoisotopic (exact) mass is 401 g/mol. The summed E-state index contributed by atoms with van der Waals surface area (Å²) in [6, 6.07) is 24.7. The van der Waals surface area contributed by atoms with E-state index >= 15 is 0 Å². The summed E-state index contributed by atoms with van der Waals surface area (Å²) in [7, 11) is 0. The van der Waals surface area contributed by atoms with Crippen molar-refractivity contribution in [3.63, 3.8) is 0 Å². The molecule has 0 saturated heterocycles. The summed E-state index contributed by atoms with van der Waals surface area (Å²) in [6.07, 6.45) is 0. The van der Waals surface area contributed by atoms with Crippen LogP contribution in [0.5, 0.6) is 0 Å². The van der Waals surface area contributed by atoms with E-state index in [1.54, 1.807) is 0 Å². The summed E-state index contributed by atoms with van der Waals surface area (Å²) >= 11 is 6.65. The standard InChI is InChI=1S/C12H9N.C6H4Br2/c1-3-7-11-9(5-1)10-6-2-4-8-12(10)13-11;7-5-1-2-6(8)4-3-5/h1-8,13H;1-4H. The van der Waals surface area contributed by atoms with Gasteiger partial charge in [-0.15, -0.1) is 0 Å². The highest BCUT2D eigenvalue weighted by atomic mass is 79.9. The fourth-order valence-electron chi connectivity index (χ4n) is 2.23. The summed E-state index contributed by atoms with van der Waals surface area (Å²) in [5.74, 6) is 0. The maximum atomic E-state index is 3.38. The Bertz CT molecular complexity index is 792. The number of H-pyrrole nitrogens is 1. The highest BCUT2D eigenvalue weighted by molar-refractivity contribution is 9.11. The Morgan fingerprint density at radius 2 is 0.905 bits per heavy atom. The molecule has 0 bridgehead atoms. The molecule has 21 heavy (non-hydrogen) atoms. The van der Waals surface area contributed by atoms with Crippen LogP contribution in [0.15, 0.2) is 81.7 Å². The predicted molar refractivity (Wildman–Crippen MR) is 97.6 cm³/mol. The molecule has 3 aromatic carbocycles. The maximum absolute atomic E-state index is 3.38. The average molecular weight is 403 g/mol. The SMILES string of the molecule is Brc1ccc(Br)cc1.c1ccc2c(c1)[nH]c1ccccc12. The van der Waals surface area contributed by atoms with Gasteiger partial charge in [-0.2, -0.15) is 0 Å². The van der Waals surface area contributed by atoms with E-state index in [9.17, 15) is 0 Å². The molecule has 0 amide bonds. The second kappa shape index (κ2) is 6.46. The fraction of sp³-hybridized carbons (Fsp3) is 0. The van der Waals surface area contributed by atoms with Gasteiger partial charge in [0.2, 0.25) is 0 Å². The van der Waals surface area contributed by atoms with Gasteiger partial charge in [0.25, 0.3) is 0 Å². The Morgan fingerprint density at radius 1 is 0.524 bits per heavy atom. The topological polar surface area (TPSA) is 15.8 Å². The largest absolute Gasteiger partial charge is 0.355 e. The first-order valence-electron chi connectivity index (χ1n) is 6.60. The van der Waals surface area contributed by atoms with Gasteiger partial charge in [0, 0.05) is 30.8 Å². The molecule has 1 nitrogen and oxygen atoms in total. The number of hydrogen-bond donors (Lipinski definition) is 1. The van der Waals surface area contributed by atoms with Crippen molar-refractivity contribution >= 4 is 53.7 Å². The molecule has 0 atom stereocenters. The van der Waals surface area contributed by atoms with Gasteiger partial charge in [-0.05, 0) is 36.4 Å². The highest BCUT2D eigenvalue weighted by Crippen LogP contribution is 2.24. The van der Waals surface area contributed by atoms with Gasteiger partial charge in [0.05, 0.1) is 0 Å². The number of hydrogen-bond acceptors (Lipinski definition) is 0. The maximum Gasteiger partial charge on any atom is 0.0464 e. The van der Waals surface area contributed by atoms with E-state index in [-0.39, 0.29) is 0 Å². The third kappa shape index (κ3) is 3.36. The molecule has 0 unspecified atom stereocenters. The lowest BCUT2D eigenvalue weighted by Crippen LogP contribution is -1.62. The first kappa shape index (κ1) is 14.4. The number of aromatic amines is 1. The van der Waals surface area contributed by atoms with Gasteiger partial charge < -0.3 is 4.98 Å². The molecular weight excluding hydrogens is 390 g/mol. The van der Waals surface area contributed by atoms with E-state index in [0.717, 1.165) is 8.95 Å². The van der Waals surface area contributed by atoms with Crippen molar-refractivity contribution in [2.75, 3.05) is 0 Å². The van der Waals surface area contributed by atoms with Crippen LogP contribution in [0.25, 0.3) is 21.8 Å². The van der Waals surface area contributed by atoms with E-state index in [4.69, 9.17) is 0 Å². The third-order valence-corrected chi connectivity index (χ3v) is 4.27. The van der Waals surface area contributed by atoms with Crippen LogP contribution in [0.4, 0.5) is 0 Å². The molecule has 0 fully saturated rings. The van der Waals surface area contributed by atoms with E-state index in [1.165, 1.54) is 21.8 Å². The molecule has 0 saturated carbocycles. The molecule has 104 valence electrons. The molecule has 4 rings (SSSR count). The second-order valence-electron chi connectivity index (χ2n) is 4.65. The minimum atomic E-state index is 1.11. The summed E-state index contributed by atoms with van der Waals surface area (Å²) in [4.78, 5) is 3.38. The Balaban J connectivity index is 0.000000143. The van der Waals surface area contributed by atoms with Gasteiger partial charge >= 0.3 is 0 Å². The summed E-state index contributed by atoms with van der Waals surface area (Å²) in [6.45, 7) is 0. The Kier molecular flexibility index (Phi) is 4.42. The van der Waals surface area contributed by atoms with Crippen LogP contribution in [-0.4, -0.2) is 4.98 Å². The van der Waals surface area contributed by atoms with Gasteiger partial charge in [0.1, 0.15) is 0 Å². The highest BCUT2D eigenvalue weighted by Gasteiger charge is 2.00. The average Bonchev–Trinajstić information content (AvgIpc) is 2.90. The van der Waals surface area contributed by atoms with Crippen LogP contribution in [0, 0.1) is 0 Å². The molecule has 3 heteroatoms. The zero-order valence-electron chi connectivity index (χ0n) is 11.2. The predicted octanol–water partition coefficient (Wildman–Crippen LogP) is 6.53. The molecule has 0 aliphatic heterocycles. The molecule has 1 heterocycles. The Morgan fingerprint density at radius 3 is 1.33 bits per heavy atom. The first-order chi connectivity index (χ1) is 10.2. The normalized spacial score (nSPS) is 10.4. The van der Waals surface area contributed by atoms with Crippen molar-refractivity contribution in [3.05, 3.63) is 81.7 Å². The third-order valence-electron chi connectivity index (χ3n) is 3.22. The minimum Gasteiger partial charge on any atom is -0.355 e. The summed E-state index contributed by atoms with van der Waals surface area (Å²) in [5, 5.41) is 2.61. The zero-order valence-corrected chi connectivity index (χ0v) is 14.4. The van der Waals surface area contributed by atoms with Gasteiger partial charge in [-0.25, -0.2) is 0 Å². The lowest BCUT2D eigenvalue weighted by atomic mass is 10.2. The molecule has 0 aliphatic rings. The van der Waals surface area contributed by atoms with Crippen LogP contribution in [0.1, 0.15) is 0 Å². The van der Waals surface area contributed by atoms with E-state index in [1.807, 2.05) is 24.3 Å². The van der Waals surface area contributed by atoms with Crippen molar-refractivity contribution in [1.29, 1.82) is 0 Å². The number of benzene rings is 3. The van der Waals surface area contributed by atoms with E-state index in [0.29, 0.717) is 0 Å². The number of aromatic nitrogens is 1. The summed E-state index contributed by atoms with van der Waals surface area (Å²) < 4.78 is 2.22. The number of fused-ring (bicyclic) bond motifs is 3. The summed E-state index contributed by atoms with van der Waals surface area (Å²) in [5.41, 5.74) is 2.42. The van der Waals surface area contributed by atoms with Crippen molar-refractivity contribution in [2.45, 2.75) is 0 Å². The van der Waals surface area contributed by atoms with Crippen LogP contribution in [-0.2, 0) is 0 Å². The molecular formula is C18H13Br2N. The van der Waals surface area contributed by atoms with Crippen LogP contribution in [0.2, 0.25) is 0 Å². The fourth-order valence-corrected chi connectivity index (χ4v) is 2.76. The molecule has 0 spiro atoms. The smallest absolute Gasteiger partial charge is 0.0464 e. The van der Waals surface area contributed by atoms with Crippen LogP contribution < -0.4 is 0 Å². The van der Waals surface area contributed by atoms with Crippen LogP contribution >= 0.6 is 31.9 Å². The molecule has 0 radical (unpaired) electrons. The minimum absolute atomic E-state index is 1.11. The second-order valence-corrected chi connectivity index (χ2v) is 6.48. The quantitative estimate of drug-likeness (QED) is 0.344. The molecule has 1 N–H and O–H groups in total. The number of halogens is 2. The van der Waals surface area contributed by atoms with E-state index in [2.05, 4.69) is 85.4 Å². The zero-order chi connectivity index (χ0) is 14.7.